The van der Waals surface area contributed by atoms with Crippen molar-refractivity contribution in [3.63, 3.8) is 0 Å². The van der Waals surface area contributed by atoms with Gasteiger partial charge >= 0.3 is 5.97 Å². The first-order valence-electron chi connectivity index (χ1n) is 5.93. The third kappa shape index (κ3) is 5.65. The topological polar surface area (TPSA) is 78.9 Å². The van der Waals surface area contributed by atoms with E-state index in [-0.39, 0.29) is 18.6 Å². The first kappa shape index (κ1) is 13.9. The molecule has 1 aliphatic heterocycles. The molecule has 1 heterocycles. The highest BCUT2D eigenvalue weighted by molar-refractivity contribution is 5.78. The summed E-state index contributed by atoms with van der Waals surface area (Å²) in [5, 5.41) is 11.2. The Hall–Kier alpha value is -1.14. The summed E-state index contributed by atoms with van der Waals surface area (Å²) in [4.78, 5) is 23.9. The van der Waals surface area contributed by atoms with E-state index in [1.165, 1.54) is 0 Å². The fourth-order valence-corrected chi connectivity index (χ4v) is 1.96. The average molecular weight is 244 g/mol. The van der Waals surface area contributed by atoms with Crippen LogP contribution in [0.4, 0.5) is 0 Å². The first-order chi connectivity index (χ1) is 8.11. The summed E-state index contributed by atoms with van der Waals surface area (Å²) in [6, 6.07) is 0.157. The summed E-state index contributed by atoms with van der Waals surface area (Å²) in [6.45, 7) is 4.41. The van der Waals surface area contributed by atoms with Crippen molar-refractivity contribution in [2.45, 2.75) is 25.8 Å². The van der Waals surface area contributed by atoms with Crippen molar-refractivity contribution in [3.8, 4) is 0 Å². The Bertz CT molecular complexity index is 270. The summed E-state index contributed by atoms with van der Waals surface area (Å²) >= 11 is 0. The molecule has 2 N–H and O–H groups in total. The maximum absolute atomic E-state index is 11.4. The highest BCUT2D eigenvalue weighted by Gasteiger charge is 2.20. The number of rotatable bonds is 6. The van der Waals surface area contributed by atoms with Crippen LogP contribution in [0.15, 0.2) is 0 Å². The zero-order chi connectivity index (χ0) is 12.7. The number of likely N-dealkylation sites (N-methyl/N-ethyl adjacent to an activating group) is 1. The number of carboxylic acids is 1. The molecule has 1 fully saturated rings. The standard InChI is InChI=1S/C11H20N2O4/c1-2-13-5-3-4-9(6-13)12-10(14)7-17-8-11(15)16/h9H,2-8H2,1H3,(H,12,14)(H,15,16). The summed E-state index contributed by atoms with van der Waals surface area (Å²) in [5.41, 5.74) is 0. The van der Waals surface area contributed by atoms with Gasteiger partial charge in [-0.2, -0.15) is 0 Å². The van der Waals surface area contributed by atoms with Crippen molar-refractivity contribution in [2.75, 3.05) is 32.8 Å². The molecule has 1 atom stereocenters. The fourth-order valence-electron chi connectivity index (χ4n) is 1.96. The number of aliphatic carboxylic acids is 1. The highest BCUT2D eigenvalue weighted by Crippen LogP contribution is 2.09. The number of carbonyl (C=O) groups excluding carboxylic acids is 1. The van der Waals surface area contributed by atoms with Crippen molar-refractivity contribution in [2.24, 2.45) is 0 Å². The van der Waals surface area contributed by atoms with Gasteiger partial charge < -0.3 is 20.1 Å². The van der Waals surface area contributed by atoms with E-state index in [4.69, 9.17) is 9.84 Å². The molecule has 1 unspecified atom stereocenters. The molecule has 1 aliphatic rings. The van der Waals surface area contributed by atoms with Gasteiger partial charge in [0.25, 0.3) is 0 Å². The minimum atomic E-state index is -1.06. The molecule has 0 aromatic rings. The molecule has 17 heavy (non-hydrogen) atoms. The van der Waals surface area contributed by atoms with E-state index in [2.05, 4.69) is 17.1 Å². The fraction of sp³-hybridized carbons (Fsp3) is 0.818. The zero-order valence-corrected chi connectivity index (χ0v) is 10.1. The van der Waals surface area contributed by atoms with E-state index in [0.717, 1.165) is 32.5 Å². The van der Waals surface area contributed by atoms with Crippen LogP contribution in [0.25, 0.3) is 0 Å². The summed E-state index contributed by atoms with van der Waals surface area (Å²) < 4.78 is 4.73. The second-order valence-electron chi connectivity index (χ2n) is 4.19. The van der Waals surface area contributed by atoms with Crippen LogP contribution in [-0.4, -0.2) is 60.8 Å². The number of nitrogens with one attached hydrogen (secondary N) is 1. The molecule has 6 heteroatoms. The molecule has 6 nitrogen and oxygen atoms in total. The lowest BCUT2D eigenvalue weighted by Gasteiger charge is -2.32. The Morgan fingerprint density at radius 2 is 2.24 bits per heavy atom. The van der Waals surface area contributed by atoms with E-state index in [1.54, 1.807) is 0 Å². The van der Waals surface area contributed by atoms with E-state index < -0.39 is 12.6 Å². The van der Waals surface area contributed by atoms with Gasteiger partial charge in [-0.3, -0.25) is 4.79 Å². The molecule has 0 aromatic carbocycles. The highest BCUT2D eigenvalue weighted by atomic mass is 16.5. The molecule has 0 bridgehead atoms. The molecule has 0 aromatic heterocycles. The number of ether oxygens (including phenoxy) is 1. The lowest BCUT2D eigenvalue weighted by molar-refractivity contribution is -0.143. The van der Waals surface area contributed by atoms with E-state index in [0.29, 0.717) is 0 Å². The monoisotopic (exact) mass is 244 g/mol. The Kier molecular flexibility index (Phi) is 5.93. The quantitative estimate of drug-likeness (QED) is 0.670. The number of likely N-dealkylation sites (tertiary alicyclic amines) is 1. The van der Waals surface area contributed by atoms with Gasteiger partial charge in [-0.15, -0.1) is 0 Å². The predicted octanol–water partition coefficient (Wildman–Crippen LogP) is -0.312. The van der Waals surface area contributed by atoms with Crippen LogP contribution in [-0.2, 0) is 14.3 Å². The lowest BCUT2D eigenvalue weighted by Crippen LogP contribution is -2.48. The van der Waals surface area contributed by atoms with Crippen molar-refractivity contribution >= 4 is 11.9 Å². The minimum absolute atomic E-state index is 0.157. The Labute approximate surface area is 101 Å². The Morgan fingerprint density at radius 1 is 1.47 bits per heavy atom. The van der Waals surface area contributed by atoms with Gasteiger partial charge in [-0.05, 0) is 25.9 Å². The van der Waals surface area contributed by atoms with Crippen LogP contribution in [0.5, 0.6) is 0 Å². The molecular weight excluding hydrogens is 224 g/mol. The minimum Gasteiger partial charge on any atom is -0.480 e. The van der Waals surface area contributed by atoms with Crippen LogP contribution in [0, 0.1) is 0 Å². The van der Waals surface area contributed by atoms with Crippen LogP contribution in [0.3, 0.4) is 0 Å². The molecule has 0 radical (unpaired) electrons. The lowest BCUT2D eigenvalue weighted by atomic mass is 10.1. The molecule has 0 saturated carbocycles. The third-order valence-corrected chi connectivity index (χ3v) is 2.78. The smallest absolute Gasteiger partial charge is 0.329 e. The number of carboxylic acid groups (broad SMARTS) is 1. The third-order valence-electron chi connectivity index (χ3n) is 2.78. The number of hydrogen-bond donors (Lipinski definition) is 2. The van der Waals surface area contributed by atoms with Gasteiger partial charge in [0.15, 0.2) is 0 Å². The van der Waals surface area contributed by atoms with E-state index >= 15 is 0 Å². The first-order valence-corrected chi connectivity index (χ1v) is 5.93. The Morgan fingerprint density at radius 3 is 2.88 bits per heavy atom. The van der Waals surface area contributed by atoms with E-state index in [9.17, 15) is 9.59 Å². The van der Waals surface area contributed by atoms with Gasteiger partial charge in [0.2, 0.25) is 5.91 Å². The van der Waals surface area contributed by atoms with Crippen molar-refractivity contribution in [1.82, 2.24) is 10.2 Å². The van der Waals surface area contributed by atoms with Gasteiger partial charge in [0, 0.05) is 12.6 Å². The van der Waals surface area contributed by atoms with Crippen molar-refractivity contribution in [1.29, 1.82) is 0 Å². The molecule has 1 saturated heterocycles. The normalized spacial score (nSPS) is 21.1. The molecule has 0 aliphatic carbocycles. The van der Waals surface area contributed by atoms with E-state index in [1.807, 2.05) is 0 Å². The summed E-state index contributed by atoms with van der Waals surface area (Å²) in [7, 11) is 0. The number of carbonyl (C=O) groups is 2. The maximum Gasteiger partial charge on any atom is 0.329 e. The predicted molar refractivity (Wildman–Crippen MR) is 61.7 cm³/mol. The SMILES string of the molecule is CCN1CCCC(NC(=O)COCC(=O)O)C1. The average Bonchev–Trinajstić information content (AvgIpc) is 2.28. The van der Waals surface area contributed by atoms with Crippen molar-refractivity contribution < 1.29 is 19.4 Å². The zero-order valence-electron chi connectivity index (χ0n) is 10.1. The number of piperidine rings is 1. The summed E-state index contributed by atoms with van der Waals surface area (Å²) in [6.07, 6.45) is 2.05. The van der Waals surface area contributed by atoms with Crippen LogP contribution in [0.2, 0.25) is 0 Å². The molecule has 1 amide bonds. The van der Waals surface area contributed by atoms with Gasteiger partial charge in [-0.1, -0.05) is 6.92 Å². The maximum atomic E-state index is 11.4. The number of amides is 1. The second kappa shape index (κ2) is 7.24. The van der Waals surface area contributed by atoms with Gasteiger partial charge in [0.1, 0.15) is 13.2 Å². The Balaban J connectivity index is 2.19. The van der Waals surface area contributed by atoms with Crippen molar-refractivity contribution in [3.05, 3.63) is 0 Å². The molecular formula is C11H20N2O4. The summed E-state index contributed by atoms with van der Waals surface area (Å²) in [5.74, 6) is -1.30. The molecule has 1 rings (SSSR count). The van der Waals surface area contributed by atoms with Gasteiger partial charge in [0.05, 0.1) is 0 Å². The molecule has 0 spiro atoms. The largest absolute Gasteiger partial charge is 0.480 e. The molecule has 98 valence electrons. The van der Waals surface area contributed by atoms with Crippen LogP contribution < -0.4 is 5.32 Å². The van der Waals surface area contributed by atoms with Crippen LogP contribution in [0.1, 0.15) is 19.8 Å². The number of nitrogens with zero attached hydrogens (tertiary/aromatic N) is 1. The van der Waals surface area contributed by atoms with Gasteiger partial charge in [-0.25, -0.2) is 4.79 Å². The van der Waals surface area contributed by atoms with Crippen LogP contribution >= 0.6 is 0 Å². The number of hydrogen-bond acceptors (Lipinski definition) is 4. The second-order valence-corrected chi connectivity index (χ2v) is 4.19.